The molecule has 1 aliphatic rings. The van der Waals surface area contributed by atoms with Gasteiger partial charge in [0, 0.05) is 32.6 Å². The first-order valence-corrected chi connectivity index (χ1v) is 3.91. The van der Waals surface area contributed by atoms with Crippen LogP contribution in [0.15, 0.2) is 16.3 Å². The highest BCUT2D eigenvalue weighted by atomic mass is 15.0. The van der Waals surface area contributed by atoms with Crippen LogP contribution in [-0.2, 0) is 0 Å². The van der Waals surface area contributed by atoms with Gasteiger partial charge in [0.05, 0.1) is 0 Å². The molecular weight excluding hydrogens is 138 g/mol. The molecule has 0 saturated carbocycles. The molecule has 0 radical (unpaired) electrons. The van der Waals surface area contributed by atoms with Crippen molar-refractivity contribution in [3.8, 4) is 0 Å². The Balaban J connectivity index is 2.72. The molecule has 1 heterocycles. The molecule has 2 N–H and O–H groups in total. The van der Waals surface area contributed by atoms with Gasteiger partial charge in [-0.2, -0.15) is 0 Å². The third kappa shape index (κ3) is 2.05. The van der Waals surface area contributed by atoms with Crippen molar-refractivity contribution >= 4 is 6.21 Å². The summed E-state index contributed by atoms with van der Waals surface area (Å²) < 4.78 is 0. The Bertz CT molecular complexity index is 182. The maximum absolute atomic E-state index is 4.01. The van der Waals surface area contributed by atoms with E-state index < -0.39 is 0 Å². The van der Waals surface area contributed by atoms with Gasteiger partial charge in [-0.1, -0.05) is 0 Å². The van der Waals surface area contributed by atoms with E-state index in [0.29, 0.717) is 0 Å². The standard InChI is InChI=1S/C8H15N3/c1-9-5-7-3-4-11-6-8(7)10-2/h5,10-11H,3-4,6H2,1-2H3/b9-5-. The minimum Gasteiger partial charge on any atom is -0.390 e. The summed E-state index contributed by atoms with van der Waals surface area (Å²) in [6, 6.07) is 0. The van der Waals surface area contributed by atoms with Crippen LogP contribution in [0.3, 0.4) is 0 Å². The molecule has 0 aromatic carbocycles. The zero-order valence-corrected chi connectivity index (χ0v) is 7.15. The molecule has 1 rings (SSSR count). The van der Waals surface area contributed by atoms with Crippen LogP contribution in [0.1, 0.15) is 6.42 Å². The highest BCUT2D eigenvalue weighted by Crippen LogP contribution is 2.06. The van der Waals surface area contributed by atoms with Gasteiger partial charge in [0.15, 0.2) is 0 Å². The summed E-state index contributed by atoms with van der Waals surface area (Å²) >= 11 is 0. The molecule has 0 bridgehead atoms. The predicted molar refractivity (Wildman–Crippen MR) is 48.0 cm³/mol. The number of hydrogen-bond acceptors (Lipinski definition) is 3. The van der Waals surface area contributed by atoms with Gasteiger partial charge in [0.25, 0.3) is 0 Å². The van der Waals surface area contributed by atoms with E-state index >= 15 is 0 Å². The SMILES string of the molecule is C/N=C\C1=C(NC)CNCC1. The van der Waals surface area contributed by atoms with E-state index in [1.54, 1.807) is 0 Å². The highest BCUT2D eigenvalue weighted by molar-refractivity contribution is 5.79. The molecule has 0 spiro atoms. The second-order valence-electron chi connectivity index (χ2n) is 2.57. The fourth-order valence-corrected chi connectivity index (χ4v) is 1.25. The molecule has 0 saturated heterocycles. The fraction of sp³-hybridized carbons (Fsp3) is 0.625. The molecule has 0 aliphatic carbocycles. The number of nitrogens with one attached hydrogen (secondary N) is 2. The number of rotatable bonds is 2. The molecule has 0 fully saturated rings. The topological polar surface area (TPSA) is 36.4 Å². The number of nitrogens with zero attached hydrogens (tertiary/aromatic N) is 1. The third-order valence-electron chi connectivity index (χ3n) is 1.85. The van der Waals surface area contributed by atoms with Gasteiger partial charge in [-0.25, -0.2) is 0 Å². The normalized spacial score (nSPS) is 19.5. The maximum atomic E-state index is 4.01. The summed E-state index contributed by atoms with van der Waals surface area (Å²) in [5, 5.41) is 6.46. The molecule has 62 valence electrons. The van der Waals surface area contributed by atoms with Crippen LogP contribution in [0.4, 0.5) is 0 Å². The minimum atomic E-state index is 0.942. The monoisotopic (exact) mass is 153 g/mol. The van der Waals surface area contributed by atoms with Gasteiger partial charge in [-0.05, 0) is 18.5 Å². The van der Waals surface area contributed by atoms with Gasteiger partial charge >= 0.3 is 0 Å². The first-order chi connectivity index (χ1) is 5.38. The largest absolute Gasteiger partial charge is 0.390 e. The van der Waals surface area contributed by atoms with E-state index in [2.05, 4.69) is 15.6 Å². The molecule has 1 aliphatic heterocycles. The van der Waals surface area contributed by atoms with Crippen molar-refractivity contribution in [2.24, 2.45) is 4.99 Å². The highest BCUT2D eigenvalue weighted by Gasteiger charge is 2.07. The molecule has 0 aromatic heterocycles. The smallest absolute Gasteiger partial charge is 0.0357 e. The van der Waals surface area contributed by atoms with E-state index in [-0.39, 0.29) is 0 Å². The lowest BCUT2D eigenvalue weighted by Crippen LogP contribution is -2.30. The average Bonchev–Trinajstić information content (AvgIpc) is 2.06. The maximum Gasteiger partial charge on any atom is 0.0357 e. The second-order valence-corrected chi connectivity index (χ2v) is 2.57. The second kappa shape index (κ2) is 4.13. The Morgan fingerprint density at radius 1 is 1.64 bits per heavy atom. The molecule has 0 amide bonds. The molecule has 0 aromatic rings. The molecule has 0 unspecified atom stereocenters. The van der Waals surface area contributed by atoms with Gasteiger partial charge in [0.2, 0.25) is 0 Å². The van der Waals surface area contributed by atoms with Crippen LogP contribution < -0.4 is 10.6 Å². The van der Waals surface area contributed by atoms with Gasteiger partial charge in [-0.15, -0.1) is 0 Å². The summed E-state index contributed by atoms with van der Waals surface area (Å²) in [5.74, 6) is 0. The van der Waals surface area contributed by atoms with Crippen molar-refractivity contribution in [1.82, 2.24) is 10.6 Å². The Morgan fingerprint density at radius 2 is 2.45 bits per heavy atom. The summed E-state index contributed by atoms with van der Waals surface area (Å²) in [7, 11) is 3.76. The van der Waals surface area contributed by atoms with E-state index in [0.717, 1.165) is 19.5 Å². The van der Waals surface area contributed by atoms with E-state index in [1.165, 1.54) is 11.3 Å². The predicted octanol–water partition coefficient (Wildman–Crippen LogP) is 0.154. The summed E-state index contributed by atoms with van der Waals surface area (Å²) in [5.41, 5.74) is 2.59. The number of hydrogen-bond donors (Lipinski definition) is 2. The lowest BCUT2D eigenvalue weighted by atomic mass is 10.1. The van der Waals surface area contributed by atoms with Crippen molar-refractivity contribution in [2.75, 3.05) is 27.2 Å². The molecular formula is C8H15N3. The third-order valence-corrected chi connectivity index (χ3v) is 1.85. The lowest BCUT2D eigenvalue weighted by Gasteiger charge is -2.18. The summed E-state index contributed by atoms with van der Waals surface area (Å²) in [6.07, 6.45) is 3.01. The number of likely N-dealkylation sites (N-methyl/N-ethyl adjacent to an activating group) is 1. The summed E-state index contributed by atoms with van der Waals surface area (Å²) in [6.45, 7) is 2.00. The molecule has 11 heavy (non-hydrogen) atoms. The van der Waals surface area contributed by atoms with Crippen LogP contribution in [0.2, 0.25) is 0 Å². The summed E-state index contributed by atoms with van der Waals surface area (Å²) in [4.78, 5) is 4.01. The van der Waals surface area contributed by atoms with Crippen molar-refractivity contribution in [2.45, 2.75) is 6.42 Å². The molecule has 3 heteroatoms. The first-order valence-electron chi connectivity index (χ1n) is 3.91. The Labute approximate surface area is 67.6 Å². The fourth-order valence-electron chi connectivity index (χ4n) is 1.25. The van der Waals surface area contributed by atoms with Gasteiger partial charge in [0.1, 0.15) is 0 Å². The van der Waals surface area contributed by atoms with Gasteiger partial charge < -0.3 is 10.6 Å². The van der Waals surface area contributed by atoms with E-state index in [4.69, 9.17) is 0 Å². The Hall–Kier alpha value is -0.830. The van der Waals surface area contributed by atoms with Crippen molar-refractivity contribution in [3.63, 3.8) is 0 Å². The minimum absolute atomic E-state index is 0.942. The zero-order valence-electron chi connectivity index (χ0n) is 7.15. The van der Waals surface area contributed by atoms with Crippen molar-refractivity contribution < 1.29 is 0 Å². The van der Waals surface area contributed by atoms with Crippen LogP contribution >= 0.6 is 0 Å². The van der Waals surface area contributed by atoms with Crippen molar-refractivity contribution in [1.29, 1.82) is 0 Å². The van der Waals surface area contributed by atoms with Crippen LogP contribution in [0, 0.1) is 0 Å². The average molecular weight is 153 g/mol. The van der Waals surface area contributed by atoms with E-state index in [1.807, 2.05) is 20.3 Å². The molecule has 0 atom stereocenters. The van der Waals surface area contributed by atoms with Crippen molar-refractivity contribution in [3.05, 3.63) is 11.3 Å². The Morgan fingerprint density at radius 3 is 3.09 bits per heavy atom. The Kier molecular flexibility index (Phi) is 3.11. The lowest BCUT2D eigenvalue weighted by molar-refractivity contribution is 0.661. The van der Waals surface area contributed by atoms with Crippen LogP contribution in [0.5, 0.6) is 0 Å². The zero-order chi connectivity index (χ0) is 8.10. The quantitative estimate of drug-likeness (QED) is 0.554. The first kappa shape index (κ1) is 8.27. The number of aliphatic imine (C=N–C) groups is 1. The van der Waals surface area contributed by atoms with E-state index in [9.17, 15) is 0 Å². The van der Waals surface area contributed by atoms with Crippen LogP contribution in [-0.4, -0.2) is 33.4 Å². The van der Waals surface area contributed by atoms with Crippen LogP contribution in [0.25, 0.3) is 0 Å². The van der Waals surface area contributed by atoms with Gasteiger partial charge in [-0.3, -0.25) is 4.99 Å². The molecule has 3 nitrogen and oxygen atoms in total.